The average Bonchev–Trinajstić information content (AvgIpc) is 2.72. The number of rotatable bonds is 4. The molecule has 9 heteroatoms. The van der Waals surface area contributed by atoms with E-state index in [0.717, 1.165) is 17.5 Å². The summed E-state index contributed by atoms with van der Waals surface area (Å²) in [5.74, 6) is -2.47. The van der Waals surface area contributed by atoms with Crippen LogP contribution >= 0.6 is 11.8 Å². The molecule has 3 unspecified atom stereocenters. The Balaban J connectivity index is 1.72. The van der Waals surface area contributed by atoms with E-state index in [1.54, 1.807) is 31.2 Å². The Morgan fingerprint density at radius 1 is 1.26 bits per heavy atom. The number of ether oxygens (including phenoxy) is 2. The third kappa shape index (κ3) is 4.29. The number of nitrogens with zero attached hydrogens (tertiary/aromatic N) is 3. The van der Waals surface area contributed by atoms with E-state index in [1.807, 2.05) is 19.9 Å². The highest BCUT2D eigenvalue weighted by molar-refractivity contribution is 8.14. The summed E-state index contributed by atoms with van der Waals surface area (Å²) in [6.07, 6.45) is -0.297. The van der Waals surface area contributed by atoms with Crippen LogP contribution in [0.5, 0.6) is 0 Å². The van der Waals surface area contributed by atoms with Crippen LogP contribution < -0.4 is 4.90 Å². The van der Waals surface area contributed by atoms with E-state index < -0.39 is 29.6 Å². The second-order valence-electron chi connectivity index (χ2n) is 8.23. The summed E-state index contributed by atoms with van der Waals surface area (Å²) in [6, 6.07) is 8.99. The van der Waals surface area contributed by atoms with E-state index in [9.17, 15) is 14.4 Å². The first-order valence-corrected chi connectivity index (χ1v) is 11.3. The molecule has 3 atom stereocenters. The maximum absolute atomic E-state index is 13.5. The van der Waals surface area contributed by atoms with Gasteiger partial charge in [-0.15, -0.1) is 0 Å². The van der Waals surface area contributed by atoms with Gasteiger partial charge < -0.3 is 9.47 Å². The highest BCUT2D eigenvalue weighted by atomic mass is 32.2. The molecule has 3 aliphatic heterocycles. The number of benzene rings is 1. The number of hydrogen-bond acceptors (Lipinski definition) is 8. The molecule has 31 heavy (non-hydrogen) atoms. The minimum absolute atomic E-state index is 0.00862. The van der Waals surface area contributed by atoms with Gasteiger partial charge >= 0.3 is 5.97 Å². The lowest BCUT2D eigenvalue weighted by molar-refractivity contribution is -0.140. The van der Waals surface area contributed by atoms with Crippen molar-refractivity contribution in [3.63, 3.8) is 0 Å². The highest BCUT2D eigenvalue weighted by Gasteiger charge is 2.51. The van der Waals surface area contributed by atoms with Crippen LogP contribution in [0.2, 0.25) is 0 Å². The van der Waals surface area contributed by atoms with Gasteiger partial charge in [-0.1, -0.05) is 30.0 Å². The highest BCUT2D eigenvalue weighted by Crippen LogP contribution is 2.37. The van der Waals surface area contributed by atoms with Gasteiger partial charge in [-0.05, 0) is 32.9 Å². The quantitative estimate of drug-likeness (QED) is 0.524. The Morgan fingerprint density at radius 2 is 2.00 bits per heavy atom. The van der Waals surface area contributed by atoms with Crippen LogP contribution in [0.4, 0.5) is 5.69 Å². The fourth-order valence-corrected chi connectivity index (χ4v) is 4.84. The number of esters is 1. The number of Topliss-reactive ketones (excluding diaryl/α,β-unsaturated/α-hetero) is 1. The van der Waals surface area contributed by atoms with Crippen molar-refractivity contribution in [3.05, 3.63) is 30.3 Å². The van der Waals surface area contributed by atoms with Gasteiger partial charge in [-0.2, -0.15) is 0 Å². The zero-order chi connectivity index (χ0) is 22.2. The van der Waals surface area contributed by atoms with Gasteiger partial charge in [0.1, 0.15) is 5.92 Å². The molecule has 0 aliphatic carbocycles. The molecule has 0 radical (unpaired) electrons. The van der Waals surface area contributed by atoms with Gasteiger partial charge in [0.2, 0.25) is 5.91 Å². The summed E-state index contributed by atoms with van der Waals surface area (Å²) >= 11 is 1.11. The van der Waals surface area contributed by atoms with Crippen LogP contribution in [0.15, 0.2) is 40.3 Å². The van der Waals surface area contributed by atoms with Gasteiger partial charge in [0.15, 0.2) is 17.1 Å². The van der Waals surface area contributed by atoms with Crippen molar-refractivity contribution in [1.82, 2.24) is 0 Å². The molecule has 0 bridgehead atoms. The molecule has 3 aliphatic rings. The molecular formula is C22H25N3O5S. The molecule has 1 aromatic rings. The molecular weight excluding hydrogens is 418 g/mol. The number of carbonyl (C=O) groups is 3. The van der Waals surface area contributed by atoms with Gasteiger partial charge in [0, 0.05) is 12.1 Å². The SMILES string of the molecule is CCOC(=O)CSC1=NC2N=C3CC(C)(C)OCC3C(=O)C2C(=O)N1c1ccccc1. The monoisotopic (exact) mass is 443 g/mol. The van der Waals surface area contributed by atoms with Crippen LogP contribution in [0.25, 0.3) is 0 Å². The first-order chi connectivity index (χ1) is 14.8. The maximum Gasteiger partial charge on any atom is 0.316 e. The van der Waals surface area contributed by atoms with Crippen LogP contribution in [0, 0.1) is 11.8 Å². The summed E-state index contributed by atoms with van der Waals surface area (Å²) in [4.78, 5) is 49.5. The second-order valence-corrected chi connectivity index (χ2v) is 9.17. The Morgan fingerprint density at radius 3 is 2.71 bits per heavy atom. The van der Waals surface area contributed by atoms with E-state index in [2.05, 4.69) is 4.99 Å². The lowest BCUT2D eigenvalue weighted by Gasteiger charge is -2.42. The summed E-state index contributed by atoms with van der Waals surface area (Å²) in [5.41, 5.74) is 0.911. The normalized spacial score (nSPS) is 27.1. The molecule has 164 valence electrons. The number of fused-ring (bicyclic) bond motifs is 2. The molecule has 0 spiro atoms. The number of thioether (sulfide) groups is 1. The number of hydrogen-bond donors (Lipinski definition) is 0. The molecule has 3 heterocycles. The van der Waals surface area contributed by atoms with E-state index in [4.69, 9.17) is 14.5 Å². The number of ketones is 1. The van der Waals surface area contributed by atoms with E-state index >= 15 is 0 Å². The maximum atomic E-state index is 13.5. The van der Waals surface area contributed by atoms with Crippen LogP contribution in [-0.2, 0) is 23.9 Å². The fraction of sp³-hybridized carbons (Fsp3) is 0.500. The Labute approximate surface area is 185 Å². The smallest absolute Gasteiger partial charge is 0.316 e. The number of amidine groups is 1. The van der Waals surface area contributed by atoms with Crippen molar-refractivity contribution in [2.75, 3.05) is 23.9 Å². The van der Waals surface area contributed by atoms with E-state index in [1.165, 1.54) is 4.90 Å². The number of para-hydroxylation sites is 1. The lowest BCUT2D eigenvalue weighted by Crippen LogP contribution is -2.57. The predicted octanol–water partition coefficient (Wildman–Crippen LogP) is 2.47. The second kappa shape index (κ2) is 8.55. The standard InChI is InChI=1S/C22H25N3O5S/c1-4-29-16(26)12-31-21-24-19-17(20(28)25(21)13-8-6-5-7-9-13)18(27)14-11-30-22(2,3)10-15(14)23-19/h5-9,14,17,19H,4,10-12H2,1-3H3. The molecule has 1 aromatic carbocycles. The number of anilines is 1. The number of amides is 1. The topological polar surface area (TPSA) is 97.6 Å². The molecule has 8 nitrogen and oxygen atoms in total. The largest absolute Gasteiger partial charge is 0.465 e. The summed E-state index contributed by atoms with van der Waals surface area (Å²) in [7, 11) is 0. The average molecular weight is 444 g/mol. The Bertz CT molecular complexity index is 959. The van der Waals surface area contributed by atoms with Crippen molar-refractivity contribution in [1.29, 1.82) is 0 Å². The van der Waals surface area contributed by atoms with Gasteiger partial charge in [0.05, 0.1) is 36.2 Å². The minimum Gasteiger partial charge on any atom is -0.465 e. The van der Waals surface area contributed by atoms with Crippen molar-refractivity contribution >= 4 is 46.0 Å². The Hall–Kier alpha value is -2.52. The third-order valence-electron chi connectivity index (χ3n) is 5.46. The zero-order valence-electron chi connectivity index (χ0n) is 17.7. The molecule has 1 amide bonds. The zero-order valence-corrected chi connectivity index (χ0v) is 18.6. The molecule has 1 saturated heterocycles. The molecule has 0 aromatic heterocycles. The van der Waals surface area contributed by atoms with E-state index in [0.29, 0.717) is 17.3 Å². The molecule has 1 fully saturated rings. The number of carbonyl (C=O) groups excluding carboxylic acids is 3. The summed E-state index contributed by atoms with van der Waals surface area (Å²) < 4.78 is 10.8. The van der Waals surface area contributed by atoms with Crippen molar-refractivity contribution in [2.45, 2.75) is 39.0 Å². The molecule has 4 rings (SSSR count). The Kier molecular flexibility index (Phi) is 5.98. The molecule has 0 saturated carbocycles. The summed E-state index contributed by atoms with van der Waals surface area (Å²) in [5, 5.41) is 0.340. The first kappa shape index (κ1) is 21.7. The predicted molar refractivity (Wildman–Crippen MR) is 118 cm³/mol. The third-order valence-corrected chi connectivity index (χ3v) is 6.38. The summed E-state index contributed by atoms with van der Waals surface area (Å²) in [6.45, 7) is 6.14. The first-order valence-electron chi connectivity index (χ1n) is 10.3. The molecule has 0 N–H and O–H groups in total. The van der Waals surface area contributed by atoms with Crippen LogP contribution in [-0.4, -0.2) is 59.3 Å². The van der Waals surface area contributed by atoms with Gasteiger partial charge in [-0.25, -0.2) is 4.99 Å². The van der Waals surface area contributed by atoms with Crippen molar-refractivity contribution in [3.8, 4) is 0 Å². The van der Waals surface area contributed by atoms with E-state index in [-0.39, 0.29) is 30.7 Å². The van der Waals surface area contributed by atoms with Crippen LogP contribution in [0.1, 0.15) is 27.2 Å². The van der Waals surface area contributed by atoms with Crippen molar-refractivity contribution in [2.24, 2.45) is 21.8 Å². The fourth-order valence-electron chi connectivity index (χ4n) is 4.01. The van der Waals surface area contributed by atoms with Gasteiger partial charge in [0.25, 0.3) is 0 Å². The van der Waals surface area contributed by atoms with Gasteiger partial charge in [-0.3, -0.25) is 24.3 Å². The van der Waals surface area contributed by atoms with Crippen LogP contribution in [0.3, 0.4) is 0 Å². The lowest BCUT2D eigenvalue weighted by atomic mass is 9.78. The minimum atomic E-state index is -0.995. The van der Waals surface area contributed by atoms with Crippen molar-refractivity contribution < 1.29 is 23.9 Å². The number of aliphatic imine (C=N–C) groups is 2.